The van der Waals surface area contributed by atoms with E-state index in [1.807, 2.05) is 30.1 Å². The third-order valence-corrected chi connectivity index (χ3v) is 3.51. The van der Waals surface area contributed by atoms with Crippen molar-refractivity contribution in [2.24, 2.45) is 0 Å². The van der Waals surface area contributed by atoms with E-state index in [0.717, 1.165) is 17.8 Å². The van der Waals surface area contributed by atoms with Gasteiger partial charge in [0.15, 0.2) is 0 Å². The van der Waals surface area contributed by atoms with Gasteiger partial charge in [-0.1, -0.05) is 23.7 Å². The lowest BCUT2D eigenvalue weighted by Crippen LogP contribution is -2.28. The summed E-state index contributed by atoms with van der Waals surface area (Å²) in [5.41, 5.74) is 2.07. The minimum Gasteiger partial charge on any atom is -0.383 e. The number of benzene rings is 1. The average molecular weight is 314 g/mol. The molecule has 0 radical (unpaired) electrons. The molecule has 0 fully saturated rings. The average Bonchev–Trinajstić information content (AvgIpc) is 2.49. The second kappa shape index (κ2) is 9.60. The predicted octanol–water partition coefficient (Wildman–Crippen LogP) is 1.65. The minimum absolute atomic E-state index is 0.0219. The van der Waals surface area contributed by atoms with Crippen LogP contribution in [0.5, 0.6) is 0 Å². The molecule has 0 atom stereocenters. The highest BCUT2D eigenvalue weighted by Crippen LogP contribution is 2.29. The van der Waals surface area contributed by atoms with E-state index in [1.54, 1.807) is 14.2 Å². The molecule has 0 spiro atoms. The molecule has 118 valence electrons. The summed E-state index contributed by atoms with van der Waals surface area (Å²) in [6, 6.07) is 5.84. The van der Waals surface area contributed by atoms with Crippen molar-refractivity contribution < 1.29 is 9.53 Å². The van der Waals surface area contributed by atoms with Gasteiger partial charge in [0.05, 0.1) is 17.3 Å². The summed E-state index contributed by atoms with van der Waals surface area (Å²) >= 11 is 6.32. The van der Waals surface area contributed by atoms with E-state index < -0.39 is 0 Å². The number of rotatable bonds is 9. The minimum atomic E-state index is 0.0219. The van der Waals surface area contributed by atoms with Gasteiger partial charge in [0.25, 0.3) is 0 Å². The maximum Gasteiger partial charge on any atom is 0.221 e. The molecule has 0 unspecified atom stereocenters. The van der Waals surface area contributed by atoms with Gasteiger partial charge in [0, 0.05) is 47.3 Å². The number of hydrogen-bond donors (Lipinski definition) is 2. The number of anilines is 1. The second-order valence-electron chi connectivity index (χ2n) is 4.76. The Morgan fingerprint density at radius 1 is 1.43 bits per heavy atom. The van der Waals surface area contributed by atoms with Gasteiger partial charge in [-0.05, 0) is 11.6 Å². The molecule has 2 N–H and O–H groups in total. The molecule has 21 heavy (non-hydrogen) atoms. The van der Waals surface area contributed by atoms with Crippen LogP contribution in [0.4, 0.5) is 5.69 Å². The Hall–Kier alpha value is -1.30. The van der Waals surface area contributed by atoms with E-state index in [9.17, 15) is 4.79 Å². The molecule has 0 heterocycles. The molecule has 0 aliphatic heterocycles. The van der Waals surface area contributed by atoms with Gasteiger partial charge in [-0.2, -0.15) is 0 Å². The maximum absolute atomic E-state index is 11.4. The fourth-order valence-electron chi connectivity index (χ4n) is 2.03. The standard InChI is InChI=1S/C15H24ClN3O2/c1-17-14(20)7-9-19(2)15-12(5-4-6-13(15)16)11-18-8-10-21-3/h4-6,18H,7-11H2,1-3H3,(H,17,20). The van der Waals surface area contributed by atoms with Gasteiger partial charge in [-0.15, -0.1) is 0 Å². The van der Waals surface area contributed by atoms with E-state index >= 15 is 0 Å². The Labute approximate surface area is 131 Å². The zero-order chi connectivity index (χ0) is 15.7. The first-order chi connectivity index (χ1) is 10.1. The molecule has 0 saturated heterocycles. The van der Waals surface area contributed by atoms with E-state index in [-0.39, 0.29) is 5.91 Å². The molecule has 1 aromatic carbocycles. The summed E-state index contributed by atoms with van der Waals surface area (Å²) in [4.78, 5) is 13.4. The van der Waals surface area contributed by atoms with Crippen LogP contribution in [0, 0.1) is 0 Å². The summed E-state index contributed by atoms with van der Waals surface area (Å²) in [6.07, 6.45) is 0.439. The molecule has 0 bridgehead atoms. The van der Waals surface area contributed by atoms with Gasteiger partial charge < -0.3 is 20.3 Å². The third kappa shape index (κ3) is 5.91. The predicted molar refractivity (Wildman–Crippen MR) is 87.0 cm³/mol. The topological polar surface area (TPSA) is 53.6 Å². The van der Waals surface area contributed by atoms with Crippen LogP contribution in [0.3, 0.4) is 0 Å². The van der Waals surface area contributed by atoms with Crippen molar-refractivity contribution in [1.29, 1.82) is 0 Å². The Morgan fingerprint density at radius 3 is 2.86 bits per heavy atom. The SMILES string of the molecule is CNC(=O)CCN(C)c1c(Cl)cccc1CNCCOC. The number of methoxy groups -OCH3 is 1. The van der Waals surface area contributed by atoms with E-state index in [0.29, 0.717) is 31.1 Å². The van der Waals surface area contributed by atoms with Crippen molar-refractivity contribution in [3.63, 3.8) is 0 Å². The number of ether oxygens (including phenoxy) is 1. The van der Waals surface area contributed by atoms with Crippen LogP contribution in [-0.4, -0.2) is 46.8 Å². The van der Waals surface area contributed by atoms with E-state index in [4.69, 9.17) is 16.3 Å². The third-order valence-electron chi connectivity index (χ3n) is 3.20. The number of nitrogens with one attached hydrogen (secondary N) is 2. The van der Waals surface area contributed by atoms with Crippen molar-refractivity contribution in [3.8, 4) is 0 Å². The van der Waals surface area contributed by atoms with E-state index in [2.05, 4.69) is 10.6 Å². The van der Waals surface area contributed by atoms with Crippen LogP contribution in [0.1, 0.15) is 12.0 Å². The largest absolute Gasteiger partial charge is 0.383 e. The van der Waals surface area contributed by atoms with E-state index in [1.165, 1.54) is 0 Å². The van der Waals surface area contributed by atoms with Crippen LogP contribution in [0.2, 0.25) is 5.02 Å². The second-order valence-corrected chi connectivity index (χ2v) is 5.17. The maximum atomic E-state index is 11.4. The van der Waals surface area contributed by atoms with Crippen molar-refractivity contribution in [2.45, 2.75) is 13.0 Å². The Bertz CT molecular complexity index is 455. The van der Waals surface area contributed by atoms with Crippen LogP contribution in [-0.2, 0) is 16.1 Å². The first kappa shape index (κ1) is 17.8. The molecular formula is C15H24ClN3O2. The fraction of sp³-hybridized carbons (Fsp3) is 0.533. The van der Waals surface area contributed by atoms with Gasteiger partial charge in [-0.25, -0.2) is 0 Å². The summed E-state index contributed by atoms with van der Waals surface area (Å²) in [6.45, 7) is 2.78. The lowest BCUT2D eigenvalue weighted by atomic mass is 10.1. The Kier molecular flexibility index (Phi) is 8.12. The van der Waals surface area contributed by atoms with Gasteiger partial charge >= 0.3 is 0 Å². The van der Waals surface area contributed by atoms with Crippen molar-refractivity contribution in [1.82, 2.24) is 10.6 Å². The number of carbonyl (C=O) groups is 1. The highest BCUT2D eigenvalue weighted by Gasteiger charge is 2.12. The summed E-state index contributed by atoms with van der Waals surface area (Å²) < 4.78 is 5.02. The number of hydrogen-bond acceptors (Lipinski definition) is 4. The molecule has 1 aromatic rings. The van der Waals surface area contributed by atoms with Crippen molar-refractivity contribution in [3.05, 3.63) is 28.8 Å². The van der Waals surface area contributed by atoms with Crippen LogP contribution < -0.4 is 15.5 Å². The molecule has 0 aliphatic carbocycles. The molecule has 0 saturated carbocycles. The fourth-order valence-corrected chi connectivity index (χ4v) is 2.37. The lowest BCUT2D eigenvalue weighted by Gasteiger charge is -2.23. The summed E-state index contributed by atoms with van der Waals surface area (Å²) in [5, 5.41) is 6.63. The highest BCUT2D eigenvalue weighted by atomic mass is 35.5. The van der Waals surface area contributed by atoms with Crippen molar-refractivity contribution >= 4 is 23.2 Å². The van der Waals surface area contributed by atoms with Crippen LogP contribution in [0.25, 0.3) is 0 Å². The summed E-state index contributed by atoms with van der Waals surface area (Å²) in [7, 11) is 5.27. The van der Waals surface area contributed by atoms with Crippen LogP contribution in [0.15, 0.2) is 18.2 Å². The van der Waals surface area contributed by atoms with Crippen molar-refractivity contribution in [2.75, 3.05) is 45.8 Å². The van der Waals surface area contributed by atoms with Gasteiger partial charge in [-0.3, -0.25) is 4.79 Å². The highest BCUT2D eigenvalue weighted by molar-refractivity contribution is 6.33. The summed E-state index contributed by atoms with van der Waals surface area (Å²) in [5.74, 6) is 0.0219. The smallest absolute Gasteiger partial charge is 0.221 e. The molecule has 5 nitrogen and oxygen atoms in total. The number of carbonyl (C=O) groups excluding carboxylic acids is 1. The zero-order valence-corrected chi connectivity index (χ0v) is 13.7. The first-order valence-electron chi connectivity index (χ1n) is 6.99. The normalized spacial score (nSPS) is 10.5. The van der Waals surface area contributed by atoms with Gasteiger partial charge in [0.2, 0.25) is 5.91 Å². The molecule has 0 aromatic heterocycles. The quantitative estimate of drug-likeness (QED) is 0.681. The lowest BCUT2D eigenvalue weighted by molar-refractivity contribution is -0.120. The number of para-hydroxylation sites is 1. The number of halogens is 1. The molecular weight excluding hydrogens is 290 g/mol. The molecule has 1 rings (SSSR count). The molecule has 1 amide bonds. The Balaban J connectivity index is 2.71. The number of amides is 1. The Morgan fingerprint density at radius 2 is 2.19 bits per heavy atom. The molecule has 6 heteroatoms. The monoisotopic (exact) mass is 313 g/mol. The molecule has 0 aliphatic rings. The number of nitrogens with zero attached hydrogens (tertiary/aromatic N) is 1. The zero-order valence-electron chi connectivity index (χ0n) is 12.9. The first-order valence-corrected chi connectivity index (χ1v) is 7.36. The van der Waals surface area contributed by atoms with Crippen LogP contribution >= 0.6 is 11.6 Å². The van der Waals surface area contributed by atoms with Gasteiger partial charge in [0.1, 0.15) is 0 Å².